The summed E-state index contributed by atoms with van der Waals surface area (Å²) >= 11 is 0. The maximum Gasteiger partial charge on any atom is 0.270 e. The van der Waals surface area contributed by atoms with Crippen molar-refractivity contribution in [3.05, 3.63) is 17.5 Å². The van der Waals surface area contributed by atoms with Crippen molar-refractivity contribution in [1.82, 2.24) is 15.1 Å². The van der Waals surface area contributed by atoms with Gasteiger partial charge in [-0.3, -0.25) is 9.48 Å². The van der Waals surface area contributed by atoms with E-state index in [4.69, 9.17) is 0 Å². The summed E-state index contributed by atoms with van der Waals surface area (Å²) in [4.78, 5) is 12.5. The molecule has 1 heterocycles. The van der Waals surface area contributed by atoms with Gasteiger partial charge in [0.2, 0.25) is 0 Å². The highest BCUT2D eigenvalue weighted by atomic mass is 16.2. The molecule has 2 rings (SSSR count). The van der Waals surface area contributed by atoms with Crippen molar-refractivity contribution >= 4 is 5.91 Å². The highest BCUT2D eigenvalue weighted by molar-refractivity contribution is 5.93. The van der Waals surface area contributed by atoms with Crippen LogP contribution in [0.2, 0.25) is 0 Å². The number of nitrogens with zero attached hydrogens (tertiary/aromatic N) is 3. The van der Waals surface area contributed by atoms with Gasteiger partial charge in [0.1, 0.15) is 11.2 Å². The Kier molecular flexibility index (Phi) is 5.00. The van der Waals surface area contributed by atoms with Gasteiger partial charge in [0, 0.05) is 7.05 Å². The van der Waals surface area contributed by atoms with E-state index in [0.717, 1.165) is 50.6 Å². The van der Waals surface area contributed by atoms with E-state index in [0.29, 0.717) is 5.69 Å². The average molecular weight is 288 g/mol. The fourth-order valence-electron chi connectivity index (χ4n) is 2.97. The van der Waals surface area contributed by atoms with Crippen LogP contribution in [-0.4, -0.2) is 21.2 Å². The molecule has 5 heteroatoms. The summed E-state index contributed by atoms with van der Waals surface area (Å²) in [6, 6.07) is 4.17. The maximum absolute atomic E-state index is 12.5. The highest BCUT2D eigenvalue weighted by Gasteiger charge is 2.33. The lowest BCUT2D eigenvalue weighted by atomic mass is 9.85. The van der Waals surface area contributed by atoms with E-state index in [9.17, 15) is 10.1 Å². The first-order valence-corrected chi connectivity index (χ1v) is 7.87. The van der Waals surface area contributed by atoms with Crippen molar-refractivity contribution in [3.8, 4) is 6.07 Å². The largest absolute Gasteiger partial charge is 0.332 e. The molecular formula is C16H24N4O. The second kappa shape index (κ2) is 6.75. The molecule has 114 valence electrons. The van der Waals surface area contributed by atoms with Crippen LogP contribution in [0.3, 0.4) is 0 Å². The van der Waals surface area contributed by atoms with Gasteiger partial charge in [0.15, 0.2) is 0 Å². The first-order chi connectivity index (χ1) is 10.1. The van der Waals surface area contributed by atoms with E-state index in [1.807, 2.05) is 13.0 Å². The molecule has 1 aliphatic carbocycles. The summed E-state index contributed by atoms with van der Waals surface area (Å²) in [5, 5.41) is 16.9. The zero-order valence-corrected chi connectivity index (χ0v) is 13.0. The molecule has 1 fully saturated rings. The predicted molar refractivity (Wildman–Crippen MR) is 80.7 cm³/mol. The Morgan fingerprint density at radius 3 is 2.52 bits per heavy atom. The Morgan fingerprint density at radius 1 is 1.38 bits per heavy atom. The van der Waals surface area contributed by atoms with Crippen LogP contribution in [0.4, 0.5) is 0 Å². The quantitative estimate of drug-likeness (QED) is 0.929. The SMILES string of the molecule is CCc1cc(C(=O)NC2(C#N)CCCCCCC2)n(C)n1. The molecule has 0 aliphatic heterocycles. The lowest BCUT2D eigenvalue weighted by Crippen LogP contribution is -2.48. The van der Waals surface area contributed by atoms with Crippen LogP contribution in [0.25, 0.3) is 0 Å². The number of aryl methyl sites for hydroxylation is 2. The Hall–Kier alpha value is -1.83. The van der Waals surface area contributed by atoms with Gasteiger partial charge < -0.3 is 5.32 Å². The number of nitrogens with one attached hydrogen (secondary N) is 1. The van der Waals surface area contributed by atoms with Crippen LogP contribution in [-0.2, 0) is 13.5 Å². The van der Waals surface area contributed by atoms with Gasteiger partial charge >= 0.3 is 0 Å². The first-order valence-electron chi connectivity index (χ1n) is 7.87. The second-order valence-corrected chi connectivity index (χ2v) is 5.91. The van der Waals surface area contributed by atoms with E-state index in [1.54, 1.807) is 11.7 Å². The fraction of sp³-hybridized carbons (Fsp3) is 0.688. The van der Waals surface area contributed by atoms with Gasteiger partial charge in [-0.2, -0.15) is 10.4 Å². The average Bonchev–Trinajstić information content (AvgIpc) is 2.83. The smallest absolute Gasteiger partial charge is 0.270 e. The molecule has 1 aromatic heterocycles. The van der Waals surface area contributed by atoms with E-state index in [1.165, 1.54) is 6.42 Å². The molecule has 0 spiro atoms. The van der Waals surface area contributed by atoms with Gasteiger partial charge in [-0.1, -0.05) is 39.0 Å². The third-order valence-corrected chi connectivity index (χ3v) is 4.30. The van der Waals surface area contributed by atoms with Crippen molar-refractivity contribution in [2.75, 3.05) is 0 Å². The van der Waals surface area contributed by atoms with Crippen LogP contribution in [0.5, 0.6) is 0 Å². The molecule has 0 radical (unpaired) electrons. The summed E-state index contributed by atoms with van der Waals surface area (Å²) in [6.07, 6.45) is 7.80. The van der Waals surface area contributed by atoms with Crippen LogP contribution in [0.1, 0.15) is 68.1 Å². The molecule has 5 nitrogen and oxygen atoms in total. The highest BCUT2D eigenvalue weighted by Crippen LogP contribution is 2.26. The molecule has 1 saturated carbocycles. The third-order valence-electron chi connectivity index (χ3n) is 4.30. The minimum Gasteiger partial charge on any atom is -0.332 e. The molecule has 1 amide bonds. The lowest BCUT2D eigenvalue weighted by Gasteiger charge is -2.29. The molecule has 0 unspecified atom stereocenters. The number of amides is 1. The van der Waals surface area contributed by atoms with Gasteiger partial charge in [-0.05, 0) is 25.3 Å². The number of hydrogen-bond donors (Lipinski definition) is 1. The summed E-state index contributed by atoms with van der Waals surface area (Å²) in [6.45, 7) is 2.01. The number of carbonyl (C=O) groups excluding carboxylic acids is 1. The summed E-state index contributed by atoms with van der Waals surface area (Å²) in [5.41, 5.74) is 0.712. The van der Waals surface area contributed by atoms with E-state index in [-0.39, 0.29) is 5.91 Å². The third kappa shape index (κ3) is 3.63. The minimum absolute atomic E-state index is 0.188. The first kappa shape index (κ1) is 15.6. The predicted octanol–water partition coefficient (Wildman–Crippen LogP) is 2.72. The number of aromatic nitrogens is 2. The van der Waals surface area contributed by atoms with Gasteiger partial charge in [0.05, 0.1) is 11.8 Å². The van der Waals surface area contributed by atoms with Crippen molar-refractivity contribution in [2.24, 2.45) is 7.05 Å². The zero-order valence-electron chi connectivity index (χ0n) is 13.0. The second-order valence-electron chi connectivity index (χ2n) is 5.91. The monoisotopic (exact) mass is 288 g/mol. The topological polar surface area (TPSA) is 70.7 Å². The standard InChI is InChI=1S/C16H24N4O/c1-3-13-11-14(20(2)19-13)15(21)18-16(12-17)9-7-5-4-6-8-10-16/h11H,3-10H2,1-2H3,(H,18,21). The van der Waals surface area contributed by atoms with E-state index < -0.39 is 5.54 Å². The molecule has 21 heavy (non-hydrogen) atoms. The Morgan fingerprint density at radius 2 is 2.00 bits per heavy atom. The number of carbonyl (C=O) groups is 1. The molecule has 0 aromatic carbocycles. The zero-order chi connectivity index (χ0) is 15.3. The maximum atomic E-state index is 12.5. The van der Waals surface area contributed by atoms with Gasteiger partial charge in [0.25, 0.3) is 5.91 Å². The van der Waals surface area contributed by atoms with Gasteiger partial charge in [-0.15, -0.1) is 0 Å². The summed E-state index contributed by atoms with van der Waals surface area (Å²) in [7, 11) is 1.77. The van der Waals surface area contributed by atoms with E-state index in [2.05, 4.69) is 16.5 Å². The molecule has 1 N–H and O–H groups in total. The Labute approximate surface area is 126 Å². The van der Waals surface area contributed by atoms with Crippen molar-refractivity contribution in [2.45, 2.75) is 63.8 Å². The minimum atomic E-state index is -0.714. The van der Waals surface area contributed by atoms with Crippen LogP contribution < -0.4 is 5.32 Å². The van der Waals surface area contributed by atoms with Crippen molar-refractivity contribution in [3.63, 3.8) is 0 Å². The number of nitriles is 1. The fourth-order valence-corrected chi connectivity index (χ4v) is 2.97. The molecule has 0 atom stereocenters. The van der Waals surface area contributed by atoms with Crippen LogP contribution in [0.15, 0.2) is 6.07 Å². The Balaban J connectivity index is 2.14. The number of rotatable bonds is 3. The van der Waals surface area contributed by atoms with E-state index >= 15 is 0 Å². The van der Waals surface area contributed by atoms with Crippen molar-refractivity contribution < 1.29 is 4.79 Å². The van der Waals surface area contributed by atoms with Crippen molar-refractivity contribution in [1.29, 1.82) is 5.26 Å². The molecule has 1 aliphatic rings. The molecular weight excluding hydrogens is 264 g/mol. The molecule has 0 bridgehead atoms. The normalized spacial score (nSPS) is 18.3. The summed E-state index contributed by atoms with van der Waals surface area (Å²) < 4.78 is 1.60. The lowest BCUT2D eigenvalue weighted by molar-refractivity contribution is 0.0898. The van der Waals surface area contributed by atoms with Gasteiger partial charge in [-0.25, -0.2) is 0 Å². The van der Waals surface area contributed by atoms with Crippen LogP contribution in [0, 0.1) is 11.3 Å². The molecule has 0 saturated heterocycles. The summed E-state index contributed by atoms with van der Waals surface area (Å²) in [5.74, 6) is -0.188. The number of hydrogen-bond acceptors (Lipinski definition) is 3. The van der Waals surface area contributed by atoms with Crippen LogP contribution >= 0.6 is 0 Å². The Bertz CT molecular complexity index is 533. The molecule has 1 aromatic rings.